The highest BCUT2D eigenvalue weighted by Crippen LogP contribution is 2.22. The van der Waals surface area contributed by atoms with E-state index in [1.807, 2.05) is 29.5 Å². The van der Waals surface area contributed by atoms with E-state index in [0.29, 0.717) is 30.6 Å². The summed E-state index contributed by atoms with van der Waals surface area (Å²) in [6.45, 7) is 1.76. The Labute approximate surface area is 139 Å². The van der Waals surface area contributed by atoms with Gasteiger partial charge in [0.05, 0.1) is 4.88 Å². The molecule has 1 aliphatic heterocycles. The van der Waals surface area contributed by atoms with E-state index >= 15 is 0 Å². The second-order valence-corrected chi connectivity index (χ2v) is 6.73. The quantitative estimate of drug-likeness (QED) is 0.841. The van der Waals surface area contributed by atoms with Crippen LogP contribution in [0.1, 0.15) is 31.6 Å². The van der Waals surface area contributed by atoms with Gasteiger partial charge in [0, 0.05) is 32.0 Å². The molecule has 1 N–H and O–H groups in total. The van der Waals surface area contributed by atoms with Crippen LogP contribution in [0.15, 0.2) is 22.0 Å². The fourth-order valence-corrected chi connectivity index (χ4v) is 3.66. The molecule has 0 aromatic carbocycles. The van der Waals surface area contributed by atoms with Gasteiger partial charge in [-0.1, -0.05) is 11.2 Å². The number of carbonyl (C=O) groups excluding carboxylic acids is 1. The minimum atomic E-state index is 0.237. The van der Waals surface area contributed by atoms with Gasteiger partial charge in [-0.3, -0.25) is 4.79 Å². The van der Waals surface area contributed by atoms with Crippen molar-refractivity contribution in [3.05, 3.63) is 23.4 Å². The molecule has 1 saturated heterocycles. The summed E-state index contributed by atoms with van der Waals surface area (Å²) in [5.74, 6) is 1.48. The molecule has 2 aromatic heterocycles. The van der Waals surface area contributed by atoms with E-state index in [9.17, 15) is 4.79 Å². The summed E-state index contributed by atoms with van der Waals surface area (Å²) < 4.78 is 5.27. The van der Waals surface area contributed by atoms with Gasteiger partial charge in [-0.15, -0.1) is 11.3 Å². The van der Waals surface area contributed by atoms with Crippen molar-refractivity contribution in [2.24, 2.45) is 0 Å². The first kappa shape index (κ1) is 16.1. The van der Waals surface area contributed by atoms with Gasteiger partial charge in [-0.2, -0.15) is 4.98 Å². The fourth-order valence-electron chi connectivity index (χ4n) is 3.01. The third kappa shape index (κ3) is 3.97. The molecule has 2 aromatic rings. The van der Waals surface area contributed by atoms with Crippen molar-refractivity contribution >= 4 is 17.2 Å². The monoisotopic (exact) mass is 334 g/mol. The molecule has 0 bridgehead atoms. The first-order chi connectivity index (χ1) is 11.3. The van der Waals surface area contributed by atoms with E-state index in [1.165, 1.54) is 0 Å². The highest BCUT2D eigenvalue weighted by Gasteiger charge is 2.27. The summed E-state index contributed by atoms with van der Waals surface area (Å²) in [4.78, 5) is 19.8. The number of rotatable bonds is 7. The maximum atomic E-state index is 12.3. The molecule has 1 fully saturated rings. The molecule has 1 amide bonds. The van der Waals surface area contributed by atoms with Gasteiger partial charge in [0.15, 0.2) is 0 Å². The van der Waals surface area contributed by atoms with Crippen molar-refractivity contribution in [3.8, 4) is 10.7 Å². The van der Waals surface area contributed by atoms with E-state index in [1.54, 1.807) is 11.3 Å². The Morgan fingerprint density at radius 2 is 2.48 bits per heavy atom. The zero-order chi connectivity index (χ0) is 16.1. The van der Waals surface area contributed by atoms with Crippen molar-refractivity contribution in [2.45, 2.75) is 38.1 Å². The first-order valence-corrected chi connectivity index (χ1v) is 8.96. The third-order valence-corrected chi connectivity index (χ3v) is 4.99. The Bertz CT molecular complexity index is 626. The smallest absolute Gasteiger partial charge is 0.226 e. The molecule has 3 heterocycles. The normalized spacial score (nSPS) is 17.8. The standard InChI is InChI=1S/C16H22N4O2S/c1-17-11-12-5-3-9-20(12)15(21)8-2-7-14-18-16(19-22-14)13-6-4-10-23-13/h4,6,10,12,17H,2-3,5,7-9,11H2,1H3. The lowest BCUT2D eigenvalue weighted by Gasteiger charge is -2.24. The van der Waals surface area contributed by atoms with Crippen molar-refractivity contribution in [1.82, 2.24) is 20.4 Å². The van der Waals surface area contributed by atoms with Gasteiger partial charge < -0.3 is 14.7 Å². The van der Waals surface area contributed by atoms with Gasteiger partial charge in [0.25, 0.3) is 0 Å². The molecule has 0 spiro atoms. The Morgan fingerprint density at radius 1 is 1.57 bits per heavy atom. The highest BCUT2D eigenvalue weighted by molar-refractivity contribution is 7.13. The molecule has 6 nitrogen and oxygen atoms in total. The zero-order valence-corrected chi connectivity index (χ0v) is 14.1. The van der Waals surface area contributed by atoms with Crippen LogP contribution < -0.4 is 5.32 Å². The number of hydrogen-bond donors (Lipinski definition) is 1. The number of aryl methyl sites for hydroxylation is 1. The van der Waals surface area contributed by atoms with E-state index in [4.69, 9.17) is 4.52 Å². The maximum absolute atomic E-state index is 12.3. The minimum Gasteiger partial charge on any atom is -0.339 e. The molecular weight excluding hydrogens is 312 g/mol. The Kier molecular flexibility index (Phi) is 5.40. The maximum Gasteiger partial charge on any atom is 0.226 e. The van der Waals surface area contributed by atoms with E-state index in [2.05, 4.69) is 15.5 Å². The fraction of sp³-hybridized carbons (Fsp3) is 0.562. The summed E-state index contributed by atoms with van der Waals surface area (Å²) in [6.07, 6.45) is 4.13. The number of likely N-dealkylation sites (tertiary alicyclic amines) is 1. The van der Waals surface area contributed by atoms with Gasteiger partial charge in [-0.25, -0.2) is 0 Å². The van der Waals surface area contributed by atoms with Crippen LogP contribution in [0.3, 0.4) is 0 Å². The Hall–Kier alpha value is -1.73. The van der Waals surface area contributed by atoms with Crippen molar-refractivity contribution in [3.63, 3.8) is 0 Å². The van der Waals surface area contributed by atoms with Gasteiger partial charge >= 0.3 is 0 Å². The number of carbonyl (C=O) groups is 1. The number of nitrogens with one attached hydrogen (secondary N) is 1. The summed E-state index contributed by atoms with van der Waals surface area (Å²) >= 11 is 1.59. The Morgan fingerprint density at radius 3 is 3.26 bits per heavy atom. The lowest BCUT2D eigenvalue weighted by molar-refractivity contribution is -0.132. The number of hydrogen-bond acceptors (Lipinski definition) is 6. The van der Waals surface area contributed by atoms with E-state index in [-0.39, 0.29) is 5.91 Å². The van der Waals surface area contributed by atoms with Crippen LogP contribution in [0, 0.1) is 0 Å². The topological polar surface area (TPSA) is 71.3 Å². The first-order valence-electron chi connectivity index (χ1n) is 8.08. The van der Waals surface area contributed by atoms with Crippen molar-refractivity contribution < 1.29 is 9.32 Å². The lowest BCUT2D eigenvalue weighted by atomic mass is 10.2. The molecule has 3 rings (SSSR count). The molecule has 1 unspecified atom stereocenters. The lowest BCUT2D eigenvalue weighted by Crippen LogP contribution is -2.40. The van der Waals surface area contributed by atoms with E-state index in [0.717, 1.165) is 37.2 Å². The molecule has 1 atom stereocenters. The van der Waals surface area contributed by atoms with Gasteiger partial charge in [-0.05, 0) is 37.8 Å². The summed E-state index contributed by atoms with van der Waals surface area (Å²) in [5, 5.41) is 9.15. The van der Waals surface area contributed by atoms with Crippen LogP contribution in [-0.2, 0) is 11.2 Å². The number of nitrogens with zero attached hydrogens (tertiary/aromatic N) is 3. The molecule has 0 saturated carbocycles. The molecule has 23 heavy (non-hydrogen) atoms. The van der Waals surface area contributed by atoms with Gasteiger partial charge in [0.2, 0.25) is 17.6 Å². The van der Waals surface area contributed by atoms with Crippen molar-refractivity contribution in [1.29, 1.82) is 0 Å². The van der Waals surface area contributed by atoms with Crippen LogP contribution in [-0.4, -0.2) is 47.1 Å². The number of likely N-dealkylation sites (N-methyl/N-ethyl adjacent to an activating group) is 1. The van der Waals surface area contributed by atoms with Crippen LogP contribution in [0.2, 0.25) is 0 Å². The van der Waals surface area contributed by atoms with Crippen molar-refractivity contribution in [2.75, 3.05) is 20.1 Å². The second-order valence-electron chi connectivity index (χ2n) is 5.78. The van der Waals surface area contributed by atoms with E-state index < -0.39 is 0 Å². The number of thiophene rings is 1. The number of aromatic nitrogens is 2. The molecule has 1 aliphatic rings. The average Bonchev–Trinajstić information content (AvgIpc) is 3.28. The molecule has 124 valence electrons. The highest BCUT2D eigenvalue weighted by atomic mass is 32.1. The van der Waals surface area contributed by atoms with Gasteiger partial charge in [0.1, 0.15) is 0 Å². The minimum absolute atomic E-state index is 0.237. The van der Waals surface area contributed by atoms with Crippen LogP contribution in [0.4, 0.5) is 0 Å². The third-order valence-electron chi connectivity index (χ3n) is 4.13. The molecule has 0 aliphatic carbocycles. The predicted molar refractivity (Wildman–Crippen MR) is 89.2 cm³/mol. The largest absolute Gasteiger partial charge is 0.339 e. The zero-order valence-electron chi connectivity index (χ0n) is 13.3. The second kappa shape index (κ2) is 7.70. The van der Waals surface area contributed by atoms with Crippen LogP contribution in [0.25, 0.3) is 10.7 Å². The summed E-state index contributed by atoms with van der Waals surface area (Å²) in [5.41, 5.74) is 0. The molecular formula is C16H22N4O2S. The summed E-state index contributed by atoms with van der Waals surface area (Å²) in [7, 11) is 1.93. The molecule has 0 radical (unpaired) electrons. The SMILES string of the molecule is CNCC1CCCN1C(=O)CCCc1nc(-c2cccs2)no1. The number of amides is 1. The molecule has 7 heteroatoms. The van der Waals surface area contributed by atoms with Crippen LogP contribution in [0.5, 0.6) is 0 Å². The van der Waals surface area contributed by atoms with Crippen LogP contribution >= 0.6 is 11.3 Å². The Balaban J connectivity index is 1.47. The average molecular weight is 334 g/mol. The predicted octanol–water partition coefficient (Wildman–Crippen LogP) is 2.33. The summed E-state index contributed by atoms with van der Waals surface area (Å²) in [6, 6.07) is 4.28.